The molecule has 0 fully saturated rings. The van der Waals surface area contributed by atoms with E-state index in [1.54, 1.807) is 0 Å². The van der Waals surface area contributed by atoms with E-state index in [0.717, 1.165) is 29.4 Å². The third-order valence-electron chi connectivity index (χ3n) is 3.12. The molecule has 16 heavy (non-hydrogen) atoms. The summed E-state index contributed by atoms with van der Waals surface area (Å²) in [6.45, 7) is 0. The molecule has 0 amide bonds. The fourth-order valence-corrected chi connectivity index (χ4v) is 2.89. The van der Waals surface area contributed by atoms with Gasteiger partial charge in [0.25, 0.3) is 0 Å². The molecule has 0 bridgehead atoms. The normalized spacial score (nSPS) is 14.1. The molecule has 1 aromatic heterocycles. The van der Waals surface area contributed by atoms with Crippen molar-refractivity contribution in [2.75, 3.05) is 5.43 Å². The largest absolute Gasteiger partial charge is 0.323 e. The number of nitrogen functional groups attached to an aromatic ring is 1. The summed E-state index contributed by atoms with van der Waals surface area (Å²) in [5.74, 6) is 5.66. The Bertz CT molecular complexity index is 566. The topological polar surface area (TPSA) is 50.9 Å². The van der Waals surface area contributed by atoms with Crippen molar-refractivity contribution in [1.82, 2.24) is 4.98 Å². The molecule has 82 valence electrons. The third-order valence-corrected chi connectivity index (χ3v) is 3.79. The van der Waals surface area contributed by atoms with Crippen molar-refractivity contribution in [1.29, 1.82) is 0 Å². The van der Waals surface area contributed by atoms with Crippen molar-refractivity contribution in [2.45, 2.75) is 19.3 Å². The second-order valence-electron chi connectivity index (χ2n) is 4.07. The molecular formula is C12H12IN3. The molecule has 0 saturated heterocycles. The number of anilines is 1. The van der Waals surface area contributed by atoms with Gasteiger partial charge in [0.15, 0.2) is 0 Å². The minimum Gasteiger partial charge on any atom is -0.323 e. The number of rotatable bonds is 1. The molecule has 1 aliphatic carbocycles. The zero-order chi connectivity index (χ0) is 11.1. The van der Waals surface area contributed by atoms with Gasteiger partial charge in [-0.25, -0.2) is 0 Å². The highest BCUT2D eigenvalue weighted by Gasteiger charge is 2.18. The van der Waals surface area contributed by atoms with Gasteiger partial charge >= 0.3 is 0 Å². The number of aromatic nitrogens is 1. The Kier molecular flexibility index (Phi) is 2.48. The van der Waals surface area contributed by atoms with Crippen LogP contribution in [0.3, 0.4) is 0 Å². The second kappa shape index (κ2) is 3.85. The Morgan fingerprint density at radius 3 is 3.00 bits per heavy atom. The highest BCUT2D eigenvalue weighted by atomic mass is 127. The lowest BCUT2D eigenvalue weighted by molar-refractivity contribution is 0.901. The number of hydrogen-bond donors (Lipinski definition) is 2. The van der Waals surface area contributed by atoms with Crippen LogP contribution in [0.5, 0.6) is 0 Å². The molecule has 0 radical (unpaired) electrons. The van der Waals surface area contributed by atoms with Crippen LogP contribution in [-0.4, -0.2) is 4.98 Å². The molecular weight excluding hydrogens is 313 g/mol. The summed E-state index contributed by atoms with van der Waals surface area (Å²) in [5.41, 5.74) is 7.47. The fourth-order valence-electron chi connectivity index (χ4n) is 2.40. The fraction of sp³-hybridized carbons (Fsp3) is 0.250. The SMILES string of the molecule is NNc1c2c(nc3ccc(I)cc13)CCC2. The predicted molar refractivity (Wildman–Crippen MR) is 74.3 cm³/mol. The monoisotopic (exact) mass is 325 g/mol. The first-order chi connectivity index (χ1) is 7.79. The summed E-state index contributed by atoms with van der Waals surface area (Å²) in [7, 11) is 0. The second-order valence-corrected chi connectivity index (χ2v) is 5.32. The van der Waals surface area contributed by atoms with E-state index in [-0.39, 0.29) is 0 Å². The maximum atomic E-state index is 5.66. The number of hydrazine groups is 1. The van der Waals surface area contributed by atoms with Crippen LogP contribution in [0.25, 0.3) is 10.9 Å². The number of benzene rings is 1. The smallest absolute Gasteiger partial charge is 0.0727 e. The average molecular weight is 325 g/mol. The van der Waals surface area contributed by atoms with E-state index in [4.69, 9.17) is 10.8 Å². The Balaban J connectivity index is 2.40. The number of halogens is 1. The zero-order valence-corrected chi connectivity index (χ0v) is 10.9. The number of hydrogen-bond acceptors (Lipinski definition) is 3. The van der Waals surface area contributed by atoms with Gasteiger partial charge in [-0.3, -0.25) is 10.8 Å². The number of nitrogens with two attached hydrogens (primary N) is 1. The van der Waals surface area contributed by atoms with Gasteiger partial charge in [-0.15, -0.1) is 0 Å². The van der Waals surface area contributed by atoms with Crippen LogP contribution >= 0.6 is 22.6 Å². The molecule has 0 saturated carbocycles. The van der Waals surface area contributed by atoms with Crippen molar-refractivity contribution in [3.63, 3.8) is 0 Å². The summed E-state index contributed by atoms with van der Waals surface area (Å²) in [6.07, 6.45) is 3.35. The van der Waals surface area contributed by atoms with Gasteiger partial charge in [0.2, 0.25) is 0 Å². The molecule has 1 heterocycles. The molecule has 2 aromatic rings. The summed E-state index contributed by atoms with van der Waals surface area (Å²) in [6, 6.07) is 6.28. The van der Waals surface area contributed by atoms with Crippen molar-refractivity contribution in [3.8, 4) is 0 Å². The summed E-state index contributed by atoms with van der Waals surface area (Å²) >= 11 is 2.31. The van der Waals surface area contributed by atoms with Crippen LogP contribution in [0.1, 0.15) is 17.7 Å². The standard InChI is InChI=1S/C12H12IN3/c13-7-4-5-11-9(6-7)12(16-14)8-2-1-3-10(8)15-11/h4-6H,1-3,14H2,(H,15,16). The molecule has 1 aliphatic rings. The lowest BCUT2D eigenvalue weighted by Gasteiger charge is -2.11. The van der Waals surface area contributed by atoms with E-state index >= 15 is 0 Å². The third kappa shape index (κ3) is 1.48. The Morgan fingerprint density at radius 2 is 2.19 bits per heavy atom. The van der Waals surface area contributed by atoms with Gasteiger partial charge in [0.05, 0.1) is 11.2 Å². The molecule has 3 N–H and O–H groups in total. The number of fused-ring (bicyclic) bond motifs is 2. The van der Waals surface area contributed by atoms with Crippen LogP contribution < -0.4 is 11.3 Å². The van der Waals surface area contributed by atoms with Crippen molar-refractivity contribution in [2.24, 2.45) is 5.84 Å². The summed E-state index contributed by atoms with van der Waals surface area (Å²) < 4.78 is 1.21. The zero-order valence-electron chi connectivity index (χ0n) is 8.76. The molecule has 3 nitrogen and oxygen atoms in total. The molecule has 0 spiro atoms. The lowest BCUT2D eigenvalue weighted by Crippen LogP contribution is -2.10. The first kappa shape index (κ1) is 10.3. The van der Waals surface area contributed by atoms with E-state index in [1.807, 2.05) is 0 Å². The molecule has 1 aromatic carbocycles. The van der Waals surface area contributed by atoms with Gasteiger partial charge in [-0.2, -0.15) is 0 Å². The molecule has 0 aliphatic heterocycles. The van der Waals surface area contributed by atoms with E-state index in [1.165, 1.54) is 21.2 Å². The quantitative estimate of drug-likeness (QED) is 0.481. The highest BCUT2D eigenvalue weighted by Crippen LogP contribution is 2.33. The Hall–Kier alpha value is -0.880. The van der Waals surface area contributed by atoms with Gasteiger partial charge < -0.3 is 5.43 Å². The van der Waals surface area contributed by atoms with Gasteiger partial charge in [-0.1, -0.05) is 0 Å². The average Bonchev–Trinajstić information content (AvgIpc) is 2.73. The van der Waals surface area contributed by atoms with Gasteiger partial charge in [0.1, 0.15) is 0 Å². The van der Waals surface area contributed by atoms with Crippen LogP contribution in [-0.2, 0) is 12.8 Å². The maximum absolute atomic E-state index is 5.66. The van der Waals surface area contributed by atoms with Crippen LogP contribution in [0.4, 0.5) is 5.69 Å². The Morgan fingerprint density at radius 1 is 1.31 bits per heavy atom. The van der Waals surface area contributed by atoms with Crippen LogP contribution in [0, 0.1) is 3.57 Å². The number of nitrogens with one attached hydrogen (secondary N) is 1. The van der Waals surface area contributed by atoms with E-state index in [0.29, 0.717) is 0 Å². The van der Waals surface area contributed by atoms with Crippen molar-refractivity contribution < 1.29 is 0 Å². The predicted octanol–water partition coefficient (Wildman–Crippen LogP) is 2.61. The molecule has 0 atom stereocenters. The van der Waals surface area contributed by atoms with Crippen molar-refractivity contribution >= 4 is 39.2 Å². The minimum atomic E-state index is 1.04. The van der Waals surface area contributed by atoms with Gasteiger partial charge in [-0.05, 0) is 65.6 Å². The maximum Gasteiger partial charge on any atom is 0.0727 e. The lowest BCUT2D eigenvalue weighted by atomic mass is 10.1. The van der Waals surface area contributed by atoms with E-state index in [9.17, 15) is 0 Å². The van der Waals surface area contributed by atoms with Gasteiger partial charge in [0, 0.05) is 14.7 Å². The minimum absolute atomic E-state index is 1.04. The first-order valence-corrected chi connectivity index (χ1v) is 6.45. The molecule has 3 rings (SSSR count). The Labute approximate surface area is 108 Å². The van der Waals surface area contributed by atoms with E-state index in [2.05, 4.69) is 46.2 Å². The molecule has 0 unspecified atom stereocenters. The highest BCUT2D eigenvalue weighted by molar-refractivity contribution is 14.1. The first-order valence-electron chi connectivity index (χ1n) is 5.37. The summed E-state index contributed by atoms with van der Waals surface area (Å²) in [5, 5.41) is 1.13. The number of aryl methyl sites for hydroxylation is 1. The number of pyridine rings is 1. The van der Waals surface area contributed by atoms with Crippen LogP contribution in [0.2, 0.25) is 0 Å². The molecule has 4 heteroatoms. The summed E-state index contributed by atoms with van der Waals surface area (Å²) in [4.78, 5) is 4.71. The van der Waals surface area contributed by atoms with Crippen LogP contribution in [0.15, 0.2) is 18.2 Å². The van der Waals surface area contributed by atoms with Crippen molar-refractivity contribution in [3.05, 3.63) is 33.0 Å². The number of nitrogens with zero attached hydrogens (tertiary/aromatic N) is 1. The van der Waals surface area contributed by atoms with E-state index < -0.39 is 0 Å².